The van der Waals surface area contributed by atoms with E-state index < -0.39 is 5.91 Å². The van der Waals surface area contributed by atoms with E-state index in [1.165, 1.54) is 13.1 Å². The van der Waals surface area contributed by atoms with Crippen molar-refractivity contribution < 1.29 is 14.4 Å². The highest BCUT2D eigenvalue weighted by Crippen LogP contribution is 2.25. The van der Waals surface area contributed by atoms with Crippen LogP contribution in [0.3, 0.4) is 0 Å². The fourth-order valence-corrected chi connectivity index (χ4v) is 4.03. The van der Waals surface area contributed by atoms with Crippen molar-refractivity contribution in [2.45, 2.75) is 6.54 Å². The van der Waals surface area contributed by atoms with Crippen LogP contribution in [0.1, 0.15) is 20.7 Å². The van der Waals surface area contributed by atoms with Crippen molar-refractivity contribution in [3.8, 4) is 0 Å². The van der Waals surface area contributed by atoms with E-state index in [0.717, 1.165) is 4.90 Å². The summed E-state index contributed by atoms with van der Waals surface area (Å²) in [4.78, 5) is 51.0. The van der Waals surface area contributed by atoms with Gasteiger partial charge in [0.1, 0.15) is 6.54 Å². The van der Waals surface area contributed by atoms with Crippen LogP contribution in [0.25, 0.3) is 21.8 Å². The van der Waals surface area contributed by atoms with E-state index in [-0.39, 0.29) is 29.4 Å². The minimum atomic E-state index is -0.395. The van der Waals surface area contributed by atoms with Crippen LogP contribution in [0.2, 0.25) is 0 Å². The van der Waals surface area contributed by atoms with Crippen LogP contribution in [-0.4, -0.2) is 34.2 Å². The maximum absolute atomic E-state index is 12.9. The Morgan fingerprint density at radius 3 is 2.03 bits per heavy atom. The molecule has 31 heavy (non-hydrogen) atoms. The summed E-state index contributed by atoms with van der Waals surface area (Å²) in [7, 11) is 1.43. The van der Waals surface area contributed by atoms with Gasteiger partial charge in [-0.05, 0) is 42.5 Å². The zero-order valence-corrected chi connectivity index (χ0v) is 16.6. The van der Waals surface area contributed by atoms with Crippen molar-refractivity contribution in [3.63, 3.8) is 0 Å². The summed E-state index contributed by atoms with van der Waals surface area (Å²) < 4.78 is 1.80. The number of pyridine rings is 1. The first-order valence-electron chi connectivity index (χ1n) is 9.72. The van der Waals surface area contributed by atoms with Crippen LogP contribution >= 0.6 is 0 Å². The molecule has 0 saturated carbocycles. The molecule has 0 bridgehead atoms. The molecule has 0 atom stereocenters. The Hall–Kier alpha value is -4.26. The average Bonchev–Trinajstić information content (AvgIpc) is 3.00. The number of carbonyl (C=O) groups is 3. The van der Waals surface area contributed by atoms with Crippen LogP contribution < -0.4 is 10.7 Å². The largest absolute Gasteiger partial charge is 0.331 e. The first-order valence-corrected chi connectivity index (χ1v) is 9.72. The third-order valence-electron chi connectivity index (χ3n) is 5.55. The summed E-state index contributed by atoms with van der Waals surface area (Å²) in [6.45, 7) is -0.0226. The number of imide groups is 1. The zero-order chi connectivity index (χ0) is 21.7. The normalized spacial score (nSPS) is 13.1. The Morgan fingerprint density at radius 2 is 1.39 bits per heavy atom. The van der Waals surface area contributed by atoms with Gasteiger partial charge in [-0.15, -0.1) is 0 Å². The topological polar surface area (TPSA) is 88.5 Å². The molecule has 7 heteroatoms. The van der Waals surface area contributed by atoms with Gasteiger partial charge >= 0.3 is 0 Å². The minimum Gasteiger partial charge on any atom is -0.331 e. The van der Waals surface area contributed by atoms with Gasteiger partial charge in [0, 0.05) is 23.5 Å². The molecule has 7 nitrogen and oxygen atoms in total. The molecule has 2 heterocycles. The Morgan fingerprint density at radius 1 is 0.806 bits per heavy atom. The monoisotopic (exact) mass is 411 g/mol. The molecule has 4 aromatic rings. The minimum absolute atomic E-state index is 0.0226. The Labute approximate surface area is 176 Å². The quantitative estimate of drug-likeness (QED) is 0.415. The van der Waals surface area contributed by atoms with Crippen LogP contribution in [-0.2, 0) is 11.3 Å². The number of nitrogens with zero attached hydrogens (tertiary/aromatic N) is 2. The number of carbonyl (C=O) groups excluding carboxylic acids is 3. The van der Waals surface area contributed by atoms with Gasteiger partial charge in [-0.2, -0.15) is 0 Å². The van der Waals surface area contributed by atoms with Crippen molar-refractivity contribution in [3.05, 3.63) is 88.1 Å². The fourth-order valence-electron chi connectivity index (χ4n) is 4.03. The highest BCUT2D eigenvalue weighted by molar-refractivity contribution is 6.21. The maximum Gasteiger partial charge on any atom is 0.261 e. The molecule has 5 rings (SSSR count). The van der Waals surface area contributed by atoms with Gasteiger partial charge in [0.15, 0.2) is 5.43 Å². The lowest BCUT2D eigenvalue weighted by atomic mass is 10.1. The molecular formula is C24H17N3O4. The molecule has 1 aliphatic heterocycles. The molecule has 1 N–H and O–H groups in total. The standard InChI is InChI=1S/C24H17N3O4/c1-26-23(30)15-11-10-14(12-18(15)24(26)31)25-21(28)13-27-19-8-4-2-6-16(19)22(29)17-7-3-5-9-20(17)27/h2-12H,13H2,1H3,(H,25,28). The van der Waals surface area contributed by atoms with Crippen LogP contribution in [0.15, 0.2) is 71.5 Å². The summed E-state index contributed by atoms with van der Waals surface area (Å²) in [6.07, 6.45) is 0. The number of fused-ring (bicyclic) bond motifs is 3. The number of amides is 3. The second-order valence-electron chi connectivity index (χ2n) is 7.43. The smallest absolute Gasteiger partial charge is 0.261 e. The van der Waals surface area contributed by atoms with E-state index in [9.17, 15) is 19.2 Å². The molecule has 0 saturated heterocycles. The molecular weight excluding hydrogens is 394 g/mol. The summed E-state index contributed by atoms with van der Waals surface area (Å²) in [5.74, 6) is -1.07. The number of hydrogen-bond donors (Lipinski definition) is 1. The van der Waals surface area contributed by atoms with Crippen molar-refractivity contribution in [2.75, 3.05) is 12.4 Å². The number of benzene rings is 3. The Kier molecular flexibility index (Phi) is 4.18. The van der Waals surface area contributed by atoms with Crippen molar-refractivity contribution in [1.29, 1.82) is 0 Å². The average molecular weight is 411 g/mol. The predicted octanol–water partition coefficient (Wildman–Crippen LogP) is 3.02. The third-order valence-corrected chi connectivity index (χ3v) is 5.55. The second kappa shape index (κ2) is 6.91. The number of hydrogen-bond acceptors (Lipinski definition) is 4. The lowest BCUT2D eigenvalue weighted by Gasteiger charge is -2.15. The molecule has 152 valence electrons. The first-order chi connectivity index (χ1) is 15.0. The molecule has 1 aliphatic rings. The molecule has 1 aromatic heterocycles. The van der Waals surface area contributed by atoms with E-state index in [2.05, 4.69) is 5.32 Å². The SMILES string of the molecule is CN1C(=O)c2ccc(NC(=O)Cn3c4ccccc4c(=O)c4ccccc43)cc2C1=O. The molecule has 3 amide bonds. The summed E-state index contributed by atoms with van der Waals surface area (Å²) in [5.41, 5.74) is 2.27. The summed E-state index contributed by atoms with van der Waals surface area (Å²) >= 11 is 0. The van der Waals surface area contributed by atoms with Crippen LogP contribution in [0.5, 0.6) is 0 Å². The Balaban J connectivity index is 1.52. The maximum atomic E-state index is 12.9. The van der Waals surface area contributed by atoms with Gasteiger partial charge in [0.25, 0.3) is 11.8 Å². The van der Waals surface area contributed by atoms with Gasteiger partial charge in [-0.1, -0.05) is 24.3 Å². The first kappa shape index (κ1) is 18.7. The molecule has 3 aromatic carbocycles. The van der Waals surface area contributed by atoms with Crippen molar-refractivity contribution in [2.24, 2.45) is 0 Å². The number of para-hydroxylation sites is 2. The second-order valence-corrected chi connectivity index (χ2v) is 7.43. The van der Waals surface area contributed by atoms with Crippen molar-refractivity contribution >= 4 is 45.2 Å². The molecule has 0 aliphatic carbocycles. The highest BCUT2D eigenvalue weighted by atomic mass is 16.2. The molecule has 0 radical (unpaired) electrons. The van der Waals surface area contributed by atoms with Crippen LogP contribution in [0.4, 0.5) is 5.69 Å². The van der Waals surface area contributed by atoms with E-state index in [0.29, 0.717) is 33.1 Å². The Bertz CT molecular complexity index is 1430. The highest BCUT2D eigenvalue weighted by Gasteiger charge is 2.32. The van der Waals surface area contributed by atoms with E-state index in [1.54, 1.807) is 41.0 Å². The predicted molar refractivity (Wildman–Crippen MR) is 117 cm³/mol. The third kappa shape index (κ3) is 2.90. The van der Waals surface area contributed by atoms with Gasteiger partial charge in [0.2, 0.25) is 5.91 Å². The lowest BCUT2D eigenvalue weighted by molar-refractivity contribution is -0.116. The summed E-state index contributed by atoms with van der Waals surface area (Å²) in [5, 5.41) is 3.88. The van der Waals surface area contributed by atoms with Gasteiger partial charge in [-0.25, -0.2) is 0 Å². The number of nitrogens with one attached hydrogen (secondary N) is 1. The van der Waals surface area contributed by atoms with Gasteiger partial charge in [0.05, 0.1) is 22.2 Å². The van der Waals surface area contributed by atoms with E-state index in [1.807, 2.05) is 24.3 Å². The van der Waals surface area contributed by atoms with Crippen LogP contribution in [0, 0.1) is 0 Å². The van der Waals surface area contributed by atoms with E-state index >= 15 is 0 Å². The number of aromatic nitrogens is 1. The number of rotatable bonds is 3. The van der Waals surface area contributed by atoms with Crippen molar-refractivity contribution in [1.82, 2.24) is 9.47 Å². The molecule has 0 fully saturated rings. The summed E-state index contributed by atoms with van der Waals surface area (Å²) in [6, 6.07) is 19.0. The fraction of sp³-hybridized carbons (Fsp3) is 0.0833. The molecule has 0 unspecified atom stereocenters. The van der Waals surface area contributed by atoms with Gasteiger partial charge in [-0.3, -0.25) is 24.1 Å². The lowest BCUT2D eigenvalue weighted by Crippen LogP contribution is -2.24. The van der Waals surface area contributed by atoms with Gasteiger partial charge < -0.3 is 9.88 Å². The van der Waals surface area contributed by atoms with E-state index in [4.69, 9.17) is 0 Å². The zero-order valence-electron chi connectivity index (χ0n) is 16.6. The number of anilines is 1. The molecule has 0 spiro atoms.